The first kappa shape index (κ1) is 14.0. The Morgan fingerprint density at radius 1 is 0.938 bits per heavy atom. The number of hydrogen-bond acceptors (Lipinski definition) is 2. The minimum atomic E-state index is -1.83. The van der Waals surface area contributed by atoms with Gasteiger partial charge in [0.15, 0.2) is 0 Å². The zero-order chi connectivity index (χ0) is 12.9. The van der Waals surface area contributed by atoms with Crippen LogP contribution in [0.1, 0.15) is 27.0 Å². The summed E-state index contributed by atoms with van der Waals surface area (Å²) in [5, 5.41) is 22.8. The van der Waals surface area contributed by atoms with Crippen molar-refractivity contribution in [3.63, 3.8) is 0 Å². The van der Waals surface area contributed by atoms with Crippen LogP contribution in [0.2, 0.25) is 0 Å². The molecule has 0 fully saturated rings. The van der Waals surface area contributed by atoms with Crippen LogP contribution in [0.3, 0.4) is 0 Å². The molecule has 0 atom stereocenters. The maximum Gasteiger partial charge on any atom is 0.503 e. The van der Waals surface area contributed by atoms with E-state index < -0.39 is 12.1 Å². The van der Waals surface area contributed by atoms with Crippen molar-refractivity contribution in [3.05, 3.63) is 34.4 Å². The monoisotopic (exact) mass is 226 g/mol. The Hall–Kier alpha value is -2.04. The van der Waals surface area contributed by atoms with E-state index in [0.29, 0.717) is 5.56 Å². The molecule has 0 aliphatic heterocycles. The lowest BCUT2D eigenvalue weighted by Gasteiger charge is -2.05. The Morgan fingerprint density at radius 3 is 1.50 bits per heavy atom. The van der Waals surface area contributed by atoms with E-state index in [4.69, 9.17) is 20.1 Å². The second kappa shape index (κ2) is 5.75. The largest absolute Gasteiger partial charge is 0.503 e. The van der Waals surface area contributed by atoms with Crippen molar-refractivity contribution < 1.29 is 24.9 Å². The summed E-state index contributed by atoms with van der Waals surface area (Å²) in [5.74, 6) is -0.843. The van der Waals surface area contributed by atoms with Crippen LogP contribution < -0.4 is 0 Å². The van der Waals surface area contributed by atoms with Crippen LogP contribution in [0.25, 0.3) is 0 Å². The zero-order valence-electron chi connectivity index (χ0n) is 9.31. The highest BCUT2D eigenvalue weighted by Gasteiger charge is 2.09. The van der Waals surface area contributed by atoms with E-state index in [9.17, 15) is 4.79 Å². The van der Waals surface area contributed by atoms with Gasteiger partial charge in [0.1, 0.15) is 0 Å². The summed E-state index contributed by atoms with van der Waals surface area (Å²) in [4.78, 5) is 19.3. The molecule has 1 aromatic carbocycles. The minimum absolute atomic E-state index is 0.431. The van der Waals surface area contributed by atoms with Crippen molar-refractivity contribution in [2.75, 3.05) is 0 Å². The summed E-state index contributed by atoms with van der Waals surface area (Å²) in [6, 6.07) is 3.77. The molecule has 1 rings (SSSR count). The molecular weight excluding hydrogens is 212 g/mol. The van der Waals surface area contributed by atoms with Gasteiger partial charge in [-0.25, -0.2) is 9.59 Å². The Balaban J connectivity index is 0.000000487. The molecule has 1 aromatic rings. The number of carbonyl (C=O) groups is 2. The summed E-state index contributed by atoms with van der Waals surface area (Å²) in [6.45, 7) is 5.61. The highest BCUT2D eigenvalue weighted by Crippen LogP contribution is 2.15. The molecule has 88 valence electrons. The standard InChI is InChI=1S/C10H12O2.CH2O3/c1-6-4-7(2)9(10(11)12)8(3)5-6;2-1(3)4/h4-5H,1-3H3,(H,11,12);(H2,2,3,4). The second-order valence-corrected chi connectivity index (χ2v) is 3.36. The first-order valence-electron chi connectivity index (χ1n) is 4.48. The van der Waals surface area contributed by atoms with Gasteiger partial charge in [-0.2, -0.15) is 0 Å². The predicted octanol–water partition coefficient (Wildman–Crippen LogP) is 2.53. The normalized spacial score (nSPS) is 8.94. The molecular formula is C11H14O5. The van der Waals surface area contributed by atoms with Gasteiger partial charge in [-0.05, 0) is 31.9 Å². The zero-order valence-corrected chi connectivity index (χ0v) is 9.31. The molecule has 0 aliphatic rings. The average Bonchev–Trinajstić information content (AvgIpc) is 1.98. The topological polar surface area (TPSA) is 94.8 Å². The summed E-state index contributed by atoms with van der Waals surface area (Å²) < 4.78 is 0. The summed E-state index contributed by atoms with van der Waals surface area (Å²) in [5.41, 5.74) is 3.20. The first-order valence-corrected chi connectivity index (χ1v) is 4.48. The number of benzene rings is 1. The van der Waals surface area contributed by atoms with Crippen LogP contribution in [0.5, 0.6) is 0 Å². The Kier molecular flexibility index (Phi) is 5.01. The van der Waals surface area contributed by atoms with Crippen LogP contribution in [0.15, 0.2) is 12.1 Å². The fraction of sp³-hybridized carbons (Fsp3) is 0.273. The highest BCUT2D eigenvalue weighted by molar-refractivity contribution is 5.91. The maximum atomic E-state index is 10.8. The molecule has 0 aromatic heterocycles. The lowest BCUT2D eigenvalue weighted by molar-refractivity contribution is 0.0695. The fourth-order valence-corrected chi connectivity index (χ4v) is 1.52. The highest BCUT2D eigenvalue weighted by atomic mass is 16.6. The van der Waals surface area contributed by atoms with Crippen LogP contribution in [-0.2, 0) is 0 Å². The van der Waals surface area contributed by atoms with Crippen molar-refractivity contribution in [3.8, 4) is 0 Å². The Labute approximate surface area is 93.0 Å². The van der Waals surface area contributed by atoms with E-state index >= 15 is 0 Å². The lowest BCUT2D eigenvalue weighted by Crippen LogP contribution is -2.03. The molecule has 0 amide bonds. The van der Waals surface area contributed by atoms with Crippen molar-refractivity contribution in [1.82, 2.24) is 0 Å². The van der Waals surface area contributed by atoms with Gasteiger partial charge in [0, 0.05) is 0 Å². The van der Waals surface area contributed by atoms with Gasteiger partial charge in [-0.1, -0.05) is 17.7 Å². The number of carboxylic acid groups (broad SMARTS) is 3. The second-order valence-electron chi connectivity index (χ2n) is 3.36. The molecule has 5 nitrogen and oxygen atoms in total. The van der Waals surface area contributed by atoms with Gasteiger partial charge in [-0.15, -0.1) is 0 Å². The van der Waals surface area contributed by atoms with Gasteiger partial charge in [0.2, 0.25) is 0 Å². The van der Waals surface area contributed by atoms with Gasteiger partial charge in [0.25, 0.3) is 0 Å². The number of aromatic carboxylic acids is 1. The van der Waals surface area contributed by atoms with Gasteiger partial charge < -0.3 is 15.3 Å². The maximum absolute atomic E-state index is 10.8. The molecule has 0 aliphatic carbocycles. The van der Waals surface area contributed by atoms with Crippen LogP contribution in [-0.4, -0.2) is 27.4 Å². The van der Waals surface area contributed by atoms with Crippen molar-refractivity contribution in [2.45, 2.75) is 20.8 Å². The molecule has 0 spiro atoms. The van der Waals surface area contributed by atoms with E-state index in [1.54, 1.807) is 0 Å². The molecule has 0 saturated carbocycles. The third-order valence-electron chi connectivity index (χ3n) is 1.89. The van der Waals surface area contributed by atoms with Gasteiger partial charge >= 0.3 is 12.1 Å². The molecule has 16 heavy (non-hydrogen) atoms. The number of hydrogen-bond donors (Lipinski definition) is 3. The van der Waals surface area contributed by atoms with Crippen molar-refractivity contribution in [2.24, 2.45) is 0 Å². The van der Waals surface area contributed by atoms with Crippen LogP contribution >= 0.6 is 0 Å². The van der Waals surface area contributed by atoms with Crippen molar-refractivity contribution in [1.29, 1.82) is 0 Å². The average molecular weight is 226 g/mol. The third-order valence-corrected chi connectivity index (χ3v) is 1.89. The predicted molar refractivity (Wildman–Crippen MR) is 58.3 cm³/mol. The SMILES string of the molecule is Cc1cc(C)c(C(=O)O)c(C)c1.O=C(O)O. The van der Waals surface area contributed by atoms with E-state index in [1.165, 1.54) is 0 Å². The lowest BCUT2D eigenvalue weighted by atomic mass is 10.0. The minimum Gasteiger partial charge on any atom is -0.478 e. The molecule has 0 saturated heterocycles. The first-order chi connectivity index (χ1) is 7.25. The molecule has 0 heterocycles. The molecule has 0 bridgehead atoms. The Bertz CT molecular complexity index is 382. The van der Waals surface area contributed by atoms with Crippen LogP contribution in [0.4, 0.5) is 4.79 Å². The van der Waals surface area contributed by atoms with E-state index in [-0.39, 0.29) is 0 Å². The molecule has 0 unspecified atom stereocenters. The Morgan fingerprint density at radius 2 is 1.25 bits per heavy atom. The molecule has 5 heteroatoms. The van der Waals surface area contributed by atoms with Gasteiger partial charge in [-0.3, -0.25) is 0 Å². The molecule has 3 N–H and O–H groups in total. The summed E-state index contributed by atoms with van der Waals surface area (Å²) >= 11 is 0. The fourth-order valence-electron chi connectivity index (χ4n) is 1.52. The number of aryl methyl sites for hydroxylation is 3. The van der Waals surface area contributed by atoms with E-state index in [0.717, 1.165) is 16.7 Å². The van der Waals surface area contributed by atoms with E-state index in [2.05, 4.69) is 0 Å². The quantitative estimate of drug-likeness (QED) is 0.683. The van der Waals surface area contributed by atoms with E-state index in [1.807, 2.05) is 32.9 Å². The van der Waals surface area contributed by atoms with Crippen molar-refractivity contribution >= 4 is 12.1 Å². The summed E-state index contributed by atoms with van der Waals surface area (Å²) in [6.07, 6.45) is -1.83. The number of rotatable bonds is 1. The van der Waals surface area contributed by atoms with Crippen LogP contribution in [0, 0.1) is 20.8 Å². The van der Waals surface area contributed by atoms with Gasteiger partial charge in [0.05, 0.1) is 5.56 Å². The summed E-state index contributed by atoms with van der Waals surface area (Å²) in [7, 11) is 0. The third kappa shape index (κ3) is 4.45. The molecule has 0 radical (unpaired) electrons. The number of carboxylic acids is 1. The smallest absolute Gasteiger partial charge is 0.478 e.